The second kappa shape index (κ2) is 17.6. The van der Waals surface area contributed by atoms with Crippen LogP contribution in [0, 0.1) is 24.8 Å². The molecule has 0 saturated carbocycles. The number of hydrogen-bond acceptors (Lipinski definition) is 3. The van der Waals surface area contributed by atoms with Gasteiger partial charge in [0.2, 0.25) is 0 Å². The first-order valence-corrected chi connectivity index (χ1v) is 22.8. The molecule has 0 amide bonds. The summed E-state index contributed by atoms with van der Waals surface area (Å²) < 4.78 is 51.6. The Labute approximate surface area is 367 Å². The number of furan rings is 1. The molecule has 3 aromatic heterocycles. The van der Waals surface area contributed by atoms with E-state index in [0.717, 1.165) is 66.5 Å². The summed E-state index contributed by atoms with van der Waals surface area (Å²) in [5.74, 6) is -1.03. The molecule has 0 fully saturated rings. The van der Waals surface area contributed by atoms with E-state index in [-0.39, 0.29) is 25.9 Å². The van der Waals surface area contributed by atoms with Crippen LogP contribution in [0.3, 0.4) is 0 Å². The Morgan fingerprint density at radius 2 is 1.42 bits per heavy atom. The van der Waals surface area contributed by atoms with Gasteiger partial charge in [0.15, 0.2) is 0 Å². The average molecular weight is 969 g/mol. The molecule has 0 spiro atoms. The van der Waals surface area contributed by atoms with E-state index in [1.807, 2.05) is 92.8 Å². The second-order valence-corrected chi connectivity index (χ2v) is 20.7. The Balaban J connectivity index is 0.000000196. The van der Waals surface area contributed by atoms with Gasteiger partial charge < -0.3 is 14.4 Å². The number of pyridine rings is 2. The third kappa shape index (κ3) is 8.96. The van der Waals surface area contributed by atoms with Crippen LogP contribution in [-0.4, -0.2) is 18.0 Å². The van der Waals surface area contributed by atoms with Gasteiger partial charge in [0.25, 0.3) is 0 Å². The number of rotatable bonds is 7. The third-order valence-corrected chi connectivity index (χ3v) is 12.3. The predicted molar refractivity (Wildman–Crippen MR) is 242 cm³/mol. The zero-order valence-corrected chi connectivity index (χ0v) is 36.9. The van der Waals surface area contributed by atoms with Gasteiger partial charge in [0.05, 0.1) is 13.7 Å². The third-order valence-electron chi connectivity index (χ3n) is 10.3. The summed E-state index contributed by atoms with van der Waals surface area (Å²) in [6.07, 6.45) is 3.69. The summed E-state index contributed by atoms with van der Waals surface area (Å²) in [5.41, 5.74) is 11.6. The molecule has 1 radical (unpaired) electrons. The molecule has 0 saturated heterocycles. The van der Waals surface area contributed by atoms with E-state index in [9.17, 15) is 4.39 Å². The molecule has 0 bridgehead atoms. The van der Waals surface area contributed by atoms with Crippen LogP contribution in [-0.2, 0) is 20.1 Å². The van der Waals surface area contributed by atoms with Gasteiger partial charge in [0.1, 0.15) is 11.4 Å². The van der Waals surface area contributed by atoms with Gasteiger partial charge in [0, 0.05) is 43.4 Å². The number of benzene rings is 6. The number of aromatic nitrogens is 2. The van der Waals surface area contributed by atoms with Crippen molar-refractivity contribution in [3.05, 3.63) is 187 Å². The van der Waals surface area contributed by atoms with E-state index in [4.69, 9.17) is 14.9 Å². The van der Waals surface area contributed by atoms with Crippen LogP contribution in [0.5, 0.6) is 0 Å². The smallest absolute Gasteiger partial charge is 0.123 e. The van der Waals surface area contributed by atoms with Gasteiger partial charge in [-0.25, -0.2) is 4.39 Å². The van der Waals surface area contributed by atoms with Crippen LogP contribution >= 0.6 is 0 Å². The molecule has 0 N–H and O–H groups in total. The van der Waals surface area contributed by atoms with Crippen LogP contribution in [0.4, 0.5) is 4.39 Å². The van der Waals surface area contributed by atoms with Crippen molar-refractivity contribution in [2.75, 3.05) is 0 Å². The van der Waals surface area contributed by atoms with E-state index >= 15 is 0 Å². The number of halogens is 1. The van der Waals surface area contributed by atoms with Crippen molar-refractivity contribution < 1.29 is 34.4 Å². The van der Waals surface area contributed by atoms with Crippen molar-refractivity contribution >= 4 is 35.2 Å². The van der Waals surface area contributed by atoms with Crippen LogP contribution in [0.2, 0.25) is 19.6 Å². The topological polar surface area (TPSA) is 38.9 Å². The first-order valence-electron chi connectivity index (χ1n) is 21.3. The van der Waals surface area contributed by atoms with Crippen molar-refractivity contribution in [3.8, 4) is 55.9 Å². The minimum Gasteiger partial charge on any atom is -0.501 e. The summed E-state index contributed by atoms with van der Waals surface area (Å²) >= 11 is 0. The molecule has 3 heterocycles. The minimum absolute atomic E-state index is 0. The van der Waals surface area contributed by atoms with Crippen molar-refractivity contribution in [1.82, 2.24) is 9.97 Å². The quantitative estimate of drug-likeness (QED) is 0.118. The second-order valence-electron chi connectivity index (χ2n) is 15.6. The Bertz CT molecular complexity index is 3030. The predicted octanol–water partition coefficient (Wildman–Crippen LogP) is 14.1. The molecule has 0 unspecified atom stereocenters. The van der Waals surface area contributed by atoms with Gasteiger partial charge in [-0.15, -0.1) is 53.6 Å². The van der Waals surface area contributed by atoms with Crippen molar-refractivity contribution in [3.63, 3.8) is 0 Å². The Hall–Kier alpha value is -5.78. The zero-order chi connectivity index (χ0) is 43.8. The van der Waals surface area contributed by atoms with Gasteiger partial charge >= 0.3 is 0 Å². The Morgan fingerprint density at radius 3 is 2.08 bits per heavy atom. The van der Waals surface area contributed by atoms with Crippen LogP contribution in [0.25, 0.3) is 77.8 Å². The fourth-order valence-electron chi connectivity index (χ4n) is 7.11. The normalized spacial score (nSPS) is 12.7. The fourth-order valence-corrected chi connectivity index (χ4v) is 8.14. The van der Waals surface area contributed by atoms with E-state index in [0.29, 0.717) is 22.4 Å². The maximum atomic E-state index is 14.2. The first-order chi connectivity index (χ1) is 29.5. The molecule has 295 valence electrons. The van der Waals surface area contributed by atoms with Crippen molar-refractivity contribution in [1.29, 1.82) is 0 Å². The molecule has 9 aromatic rings. The standard InChI is InChI=1S/C32H23FNO.C21H22NSi.Ir/c1-20(2)22-14-15-34-30(17-22)26-13-7-12-25-29-18-27(21-8-4-3-5-9-21)28(19-31(29)35-32(25)26)23-10-6-11-24(33)16-23;1-16-10-12-18(13-11-16)21-20(17-8-6-5-7-9-17)14-19(15-22-21)23(2,3)4;/h3-12,14-20H,1-2H3;5-12,14-15H,1-4H3;/q2*-1;/i20D;1D3;. The molecule has 3 nitrogen and oxygen atoms in total. The van der Waals surface area contributed by atoms with E-state index in [1.165, 1.54) is 11.3 Å². The SMILES string of the molecule is [2H]C(C)(C)c1ccnc(-c2[c-]ccc3c2oc2cc(-c4cccc(F)c4)c(-c4ccccc4)cc23)c1.[2H]C([2H])([2H])c1c[c-]c(-c2ncc([Si](C)(C)C)cc2-c2ccccc2)cc1.[Ir]. The van der Waals surface area contributed by atoms with Gasteiger partial charge in [-0.1, -0.05) is 142 Å². The number of fused-ring (bicyclic) bond motifs is 3. The molecule has 0 atom stereocenters. The molecule has 59 heavy (non-hydrogen) atoms. The maximum absolute atomic E-state index is 14.2. The van der Waals surface area contributed by atoms with Crippen LogP contribution < -0.4 is 5.19 Å². The maximum Gasteiger partial charge on any atom is 0.123 e. The molecule has 9 rings (SSSR count). The monoisotopic (exact) mass is 969 g/mol. The summed E-state index contributed by atoms with van der Waals surface area (Å²) in [4.78, 5) is 9.31. The van der Waals surface area contributed by atoms with E-state index in [2.05, 4.69) is 73.2 Å². The summed E-state index contributed by atoms with van der Waals surface area (Å²) in [7, 11) is -1.50. The Morgan fingerprint density at radius 1 is 0.712 bits per heavy atom. The molecule has 0 aliphatic carbocycles. The van der Waals surface area contributed by atoms with Crippen LogP contribution in [0.15, 0.2) is 162 Å². The molecule has 0 aliphatic rings. The van der Waals surface area contributed by atoms with Crippen LogP contribution in [0.1, 0.15) is 36.4 Å². The van der Waals surface area contributed by atoms with Gasteiger partial charge in [-0.2, -0.15) is 0 Å². The minimum atomic E-state index is -2.12. The fraction of sp³-hybridized carbons (Fsp3) is 0.132. The van der Waals surface area contributed by atoms with E-state index < -0.39 is 20.8 Å². The van der Waals surface area contributed by atoms with E-state index in [1.54, 1.807) is 36.5 Å². The molecular weight excluding hydrogens is 920 g/mol. The molecular formula is C53H45FIrN2OSi-2. The number of hydrogen-bond donors (Lipinski definition) is 0. The Kier molecular flexibility index (Phi) is 10.8. The first kappa shape index (κ1) is 36.3. The summed E-state index contributed by atoms with van der Waals surface area (Å²) in [5, 5.41) is 3.22. The molecule has 0 aliphatic heterocycles. The largest absolute Gasteiger partial charge is 0.501 e. The summed E-state index contributed by atoms with van der Waals surface area (Å²) in [6.45, 7) is 8.50. The van der Waals surface area contributed by atoms with Crippen molar-refractivity contribution in [2.45, 2.75) is 46.2 Å². The van der Waals surface area contributed by atoms with Gasteiger partial charge in [-0.05, 0) is 86.2 Å². The molecule has 6 heteroatoms. The average Bonchev–Trinajstić information content (AvgIpc) is 3.64. The van der Waals surface area contributed by atoms with Crippen molar-refractivity contribution in [2.24, 2.45) is 0 Å². The number of nitrogens with zero attached hydrogens (tertiary/aromatic N) is 2. The molecule has 6 aromatic carbocycles. The zero-order valence-electron chi connectivity index (χ0n) is 37.5. The summed E-state index contributed by atoms with van der Waals surface area (Å²) in [6, 6.07) is 52.4. The number of aryl methyl sites for hydroxylation is 1. The van der Waals surface area contributed by atoms with Gasteiger partial charge in [-0.3, -0.25) is 0 Å².